The van der Waals surface area contributed by atoms with Crippen LogP contribution in [0.2, 0.25) is 0 Å². The van der Waals surface area contributed by atoms with Crippen LogP contribution in [0.4, 0.5) is 17.6 Å². The maximum Gasteiger partial charge on any atom is 0.335 e. The Balaban J connectivity index is 0.000000158. The maximum absolute atomic E-state index is 14.1. The van der Waals surface area contributed by atoms with Gasteiger partial charge < -0.3 is 90.3 Å². The highest BCUT2D eigenvalue weighted by molar-refractivity contribution is 7.18. The van der Waals surface area contributed by atoms with E-state index in [1.54, 1.807) is 115 Å². The summed E-state index contributed by atoms with van der Waals surface area (Å²) in [6.45, 7) is 0.515. The molecule has 8 heterocycles. The predicted octanol–water partition coefficient (Wildman–Crippen LogP) is 17.7. The van der Waals surface area contributed by atoms with E-state index in [4.69, 9.17) is 54.2 Å². The summed E-state index contributed by atoms with van der Waals surface area (Å²) in [5.41, 5.74) is 13.3. The number of aliphatic hydroxyl groups excluding tert-OH is 4. The van der Waals surface area contributed by atoms with Gasteiger partial charge in [0.25, 0.3) is 17.7 Å². The van der Waals surface area contributed by atoms with E-state index in [9.17, 15) is 66.4 Å². The van der Waals surface area contributed by atoms with E-state index < -0.39 is 30.0 Å². The normalized spacial score (nSPS) is 11.2. The van der Waals surface area contributed by atoms with Crippen LogP contribution in [0.25, 0.3) is 85.4 Å². The number of ketones is 2. The molecule has 0 radical (unpaired) electrons. The highest BCUT2D eigenvalue weighted by atomic mass is 32.1. The number of hydrogen-bond donors (Lipinski definition) is 10. The highest BCUT2D eigenvalue weighted by Gasteiger charge is 2.24. The van der Waals surface area contributed by atoms with Crippen molar-refractivity contribution < 1.29 is 115 Å². The van der Waals surface area contributed by atoms with Crippen molar-refractivity contribution in [2.45, 2.75) is 31.5 Å². The first-order chi connectivity index (χ1) is 66.4. The van der Waals surface area contributed by atoms with Crippen LogP contribution in [-0.2, 0) is 4.79 Å². The number of aliphatic hydroxyl groups is 4. The molecule has 0 saturated carbocycles. The number of aromatic nitrogens is 4. The van der Waals surface area contributed by atoms with Gasteiger partial charge in [-0.25, -0.2) is 42.3 Å². The number of pyridine rings is 4. The summed E-state index contributed by atoms with van der Waals surface area (Å²) >= 11 is 5.22. The van der Waals surface area contributed by atoms with Crippen LogP contribution in [-0.4, -0.2) is 180 Å². The number of halogens is 4. The van der Waals surface area contributed by atoms with Gasteiger partial charge in [0.15, 0.2) is 57.6 Å². The van der Waals surface area contributed by atoms with Crippen LogP contribution >= 0.6 is 45.3 Å². The molecule has 8 aromatic heterocycles. The van der Waals surface area contributed by atoms with Gasteiger partial charge in [0.2, 0.25) is 0 Å². The first-order valence-corrected chi connectivity index (χ1v) is 45.6. The molecule has 36 heteroatoms. The molecule has 11 N–H and O–H groups in total. The van der Waals surface area contributed by atoms with Gasteiger partial charge in [0, 0.05) is 128 Å². The fourth-order valence-corrected chi connectivity index (χ4v) is 17.3. The lowest BCUT2D eigenvalue weighted by Crippen LogP contribution is -2.30. The topological polar surface area (TPSA) is 419 Å². The number of rotatable bonds is 35. The lowest BCUT2D eigenvalue weighted by Gasteiger charge is -2.14. The summed E-state index contributed by atoms with van der Waals surface area (Å²) in [5.74, 6) is -1.66. The minimum Gasteiger partial charge on any atom is -0.504 e. The van der Waals surface area contributed by atoms with Crippen LogP contribution in [0.15, 0.2) is 240 Å². The third kappa shape index (κ3) is 25.9. The Bertz CT molecular complexity index is 6980. The third-order valence-corrected chi connectivity index (χ3v) is 24.4. The number of nitrogens with zero attached hydrogens (tertiary/aromatic N) is 4. The molecule has 8 aromatic carbocycles. The van der Waals surface area contributed by atoms with E-state index in [0.717, 1.165) is 50.1 Å². The van der Waals surface area contributed by atoms with Crippen molar-refractivity contribution in [1.82, 2.24) is 35.9 Å². The second-order valence-corrected chi connectivity index (χ2v) is 32.9. The Morgan fingerprint density at radius 3 is 1.09 bits per heavy atom. The minimum atomic E-state index is -1.04. The van der Waals surface area contributed by atoms with E-state index in [1.807, 2.05) is 57.9 Å². The summed E-state index contributed by atoms with van der Waals surface area (Å²) < 4.78 is 94.9. The van der Waals surface area contributed by atoms with Crippen molar-refractivity contribution in [3.8, 4) is 91.0 Å². The largest absolute Gasteiger partial charge is 0.504 e. The summed E-state index contributed by atoms with van der Waals surface area (Å²) in [6, 6.07) is 58.3. The summed E-state index contributed by atoms with van der Waals surface area (Å²) in [5, 5.41) is 74.6. The Hall–Kier alpha value is -15.0. The maximum atomic E-state index is 14.1. The quantitative estimate of drug-likeness (QED) is 0.00763. The number of methoxy groups -OCH3 is 4. The van der Waals surface area contributed by atoms with E-state index in [0.29, 0.717) is 119 Å². The fourth-order valence-electron chi connectivity index (χ4n) is 13.5. The third-order valence-electron chi connectivity index (χ3n) is 20.4. The van der Waals surface area contributed by atoms with E-state index >= 15 is 0 Å². The van der Waals surface area contributed by atoms with Crippen LogP contribution in [0, 0.1) is 23.3 Å². The minimum absolute atomic E-state index is 0.0191. The first kappa shape index (κ1) is 101. The summed E-state index contributed by atoms with van der Waals surface area (Å²) in [6.07, 6.45) is 0.169. The second kappa shape index (κ2) is 49.3. The van der Waals surface area contributed by atoms with Gasteiger partial charge in [0.05, 0.1) is 120 Å². The molecular formula is C101H90F4N8O20S4. The number of fused-ring (bicyclic) bond motifs is 4. The number of ether oxygens (including phenoxy) is 7. The number of phenolic OH excluding ortho intramolecular Hbond substituents is 1. The highest BCUT2D eigenvalue weighted by Crippen LogP contribution is 2.41. The zero-order chi connectivity index (χ0) is 97.6. The predicted molar refractivity (Wildman–Crippen MR) is 516 cm³/mol. The van der Waals surface area contributed by atoms with Crippen molar-refractivity contribution in [1.29, 1.82) is 0 Å². The molecule has 16 aromatic rings. The number of thiophene rings is 4. The number of carboxylic acids is 1. The SMILES string of the molecule is COc1cc(C(=O)NCC(=O)c2cccc(-c3csc4c(F)cccc34)n2)ccc1O.COc1cc(C(=O)NCC(=O)c2cccc(-c3csc4c(F)cccc34)n2)ccc1OCCC=O.COc1cc(C(=O)NCC(O)c2cccc(-c3csc4c(F)cccc34)n2)ccc1OCCCO.COc1cc(C(=O)O)ccc1OCCCO.NCC(O)c1cccc(-c2csc3c(F)cccc23)n1. The molecule has 0 aliphatic rings. The molecule has 0 saturated heterocycles. The van der Waals surface area contributed by atoms with Gasteiger partial charge in [0.1, 0.15) is 53.2 Å². The van der Waals surface area contributed by atoms with E-state index in [2.05, 4.69) is 35.9 Å². The van der Waals surface area contributed by atoms with Gasteiger partial charge in [-0.2, -0.15) is 0 Å². The number of hydrogen-bond acceptors (Lipinski definition) is 28. The summed E-state index contributed by atoms with van der Waals surface area (Å²) in [4.78, 5) is 102. The van der Waals surface area contributed by atoms with Crippen LogP contribution < -0.4 is 54.8 Å². The average molecular weight is 1940 g/mol. The molecule has 3 amide bonds. The zero-order valence-electron chi connectivity index (χ0n) is 73.7. The van der Waals surface area contributed by atoms with Gasteiger partial charge in [-0.05, 0) is 146 Å². The molecule has 0 aliphatic carbocycles. The number of carbonyl (C=O) groups is 7. The lowest BCUT2D eigenvalue weighted by atomic mass is 10.1. The molecule has 706 valence electrons. The molecule has 0 aliphatic heterocycles. The van der Waals surface area contributed by atoms with Crippen LogP contribution in [0.3, 0.4) is 0 Å². The number of Topliss-reactive ketones (excluding diaryl/α,β-unsaturated/α-hetero) is 2. The molecular weight excluding hydrogens is 1850 g/mol. The number of nitrogens with two attached hydrogens (primary N) is 1. The Kier molecular flexibility index (Phi) is 36.3. The standard InChI is InChI=1S/C26H25FN2O5S.C26H21FN2O5S.C23H17FN2O4S.C15H13FN2OS.C11H14O5/c2*1-33-24-13-16(9-10-23(24)34-12-4-11-30)26(32)28-14-22(31)21-8-3-7-20(29-21)18-15-35-25-17(18)5-2-6-19(25)27;1-30-21-10-13(8-9-19(21)27)23(29)25-11-20(28)18-7-3-6-17(26-18)15-12-31-22-14(15)4-2-5-16(22)24;16-11-4-1-3-9-10(8-20-15(9)11)12-5-2-6-13(18-12)14(19)7-17;1-15-10-7-8(11(13)14)3-4-9(10)16-6-2-5-12/h2-3,5-10,13,15,22,30-31H,4,11-12,14H2,1H3,(H,28,32);2-3,5-11,13,15H,4,12,14H2,1H3,(H,28,32);2-10,12,27H,11H2,1H3,(H,25,29);1-6,8,14,19H,7,17H2;3-4,7,12H,2,5-6H2,1H3,(H,13,14). The zero-order valence-corrected chi connectivity index (χ0v) is 77.0. The number of benzene rings is 8. The Morgan fingerprint density at radius 1 is 0.401 bits per heavy atom. The van der Waals surface area contributed by atoms with Crippen molar-refractivity contribution >= 4 is 127 Å². The number of nitrogens with one attached hydrogen (secondary N) is 3. The van der Waals surface area contributed by atoms with Crippen molar-refractivity contribution in [2.75, 3.05) is 87.7 Å². The molecule has 0 bridgehead atoms. The van der Waals surface area contributed by atoms with Gasteiger partial charge in [-0.15, -0.1) is 45.3 Å². The number of aromatic hydroxyl groups is 1. The van der Waals surface area contributed by atoms with Gasteiger partial charge >= 0.3 is 5.97 Å². The lowest BCUT2D eigenvalue weighted by molar-refractivity contribution is -0.108. The van der Waals surface area contributed by atoms with Gasteiger partial charge in [-0.1, -0.05) is 72.8 Å². The molecule has 28 nitrogen and oxygen atoms in total. The van der Waals surface area contributed by atoms with Crippen LogP contribution in [0.1, 0.15) is 105 Å². The number of carbonyl (C=O) groups excluding carboxylic acids is 6. The Labute approximate surface area is 797 Å². The number of carboxylic acid groups (broad SMARTS) is 1. The smallest absolute Gasteiger partial charge is 0.335 e. The monoisotopic (exact) mass is 1940 g/mol. The molecule has 0 fully saturated rings. The summed E-state index contributed by atoms with van der Waals surface area (Å²) in [7, 11) is 5.74. The van der Waals surface area contributed by atoms with Crippen molar-refractivity contribution in [3.05, 3.63) is 308 Å². The Morgan fingerprint density at radius 2 is 0.730 bits per heavy atom. The number of amides is 3. The average Bonchev–Trinajstić information content (AvgIpc) is 1.67. The molecule has 16 rings (SSSR count). The molecule has 2 unspecified atom stereocenters. The van der Waals surface area contributed by atoms with Crippen LogP contribution in [0.5, 0.6) is 46.0 Å². The van der Waals surface area contributed by atoms with E-state index in [1.165, 1.54) is 141 Å². The first-order valence-electron chi connectivity index (χ1n) is 42.1. The fraction of sp³-hybridized carbons (Fsp3) is 0.178. The molecule has 0 spiro atoms. The number of phenols is 1. The van der Waals surface area contributed by atoms with E-state index in [-0.39, 0.29) is 133 Å². The number of aromatic carboxylic acids is 1. The van der Waals surface area contributed by atoms with Crippen molar-refractivity contribution in [3.63, 3.8) is 0 Å². The number of aldehydes is 1. The molecule has 137 heavy (non-hydrogen) atoms. The van der Waals surface area contributed by atoms with Gasteiger partial charge in [-0.3, -0.25) is 24.0 Å². The molecule has 2 atom stereocenters. The van der Waals surface area contributed by atoms with Crippen molar-refractivity contribution in [2.24, 2.45) is 5.73 Å². The second-order valence-electron chi connectivity index (χ2n) is 29.4.